The first kappa shape index (κ1) is 16.3. The standard InChI is InChI=1S/C13H17BrClNO3/c1-8-4-10(14)5-11(15)13(8)19-7-12(17)16-9(2)6-18-3/h4-5,9H,6-7H2,1-3H3,(H,16,17)/t9-/m1/s1. The van der Waals surface area contributed by atoms with E-state index in [1.165, 1.54) is 0 Å². The molecule has 106 valence electrons. The Bertz CT molecular complexity index is 431. The van der Waals surface area contributed by atoms with E-state index in [1.807, 2.05) is 19.9 Å². The minimum atomic E-state index is -0.206. The molecule has 0 saturated carbocycles. The van der Waals surface area contributed by atoms with Crippen molar-refractivity contribution in [3.63, 3.8) is 0 Å². The molecule has 0 unspecified atom stereocenters. The van der Waals surface area contributed by atoms with E-state index in [2.05, 4.69) is 21.2 Å². The quantitative estimate of drug-likeness (QED) is 0.858. The van der Waals surface area contributed by atoms with Crippen molar-refractivity contribution in [2.24, 2.45) is 0 Å². The Balaban J connectivity index is 2.55. The Hall–Kier alpha value is -0.780. The third-order valence-corrected chi connectivity index (χ3v) is 3.10. The summed E-state index contributed by atoms with van der Waals surface area (Å²) in [4.78, 5) is 11.6. The average molecular weight is 351 g/mol. The number of ether oxygens (including phenoxy) is 2. The van der Waals surface area contributed by atoms with E-state index in [9.17, 15) is 4.79 Å². The molecule has 0 spiro atoms. The van der Waals surface area contributed by atoms with Crippen LogP contribution < -0.4 is 10.1 Å². The van der Waals surface area contributed by atoms with Gasteiger partial charge in [-0.2, -0.15) is 0 Å². The van der Waals surface area contributed by atoms with Gasteiger partial charge < -0.3 is 14.8 Å². The van der Waals surface area contributed by atoms with E-state index >= 15 is 0 Å². The third kappa shape index (κ3) is 5.38. The molecule has 1 aromatic carbocycles. The van der Waals surface area contributed by atoms with Gasteiger partial charge in [0, 0.05) is 17.6 Å². The minimum absolute atomic E-state index is 0.0532. The molecule has 0 aromatic heterocycles. The fraction of sp³-hybridized carbons (Fsp3) is 0.462. The molecule has 1 N–H and O–H groups in total. The highest BCUT2D eigenvalue weighted by Crippen LogP contribution is 2.31. The summed E-state index contributed by atoms with van der Waals surface area (Å²) in [6.07, 6.45) is 0. The first-order valence-corrected chi connectivity index (χ1v) is 6.98. The van der Waals surface area contributed by atoms with Crippen LogP contribution in [0.3, 0.4) is 0 Å². The summed E-state index contributed by atoms with van der Waals surface area (Å²) < 4.78 is 11.3. The van der Waals surface area contributed by atoms with Gasteiger partial charge in [-0.1, -0.05) is 27.5 Å². The van der Waals surface area contributed by atoms with Gasteiger partial charge in [-0.15, -0.1) is 0 Å². The van der Waals surface area contributed by atoms with Crippen LogP contribution >= 0.6 is 27.5 Å². The van der Waals surface area contributed by atoms with Gasteiger partial charge >= 0.3 is 0 Å². The second kappa shape index (κ2) is 7.72. The van der Waals surface area contributed by atoms with Crippen LogP contribution in [0, 0.1) is 6.92 Å². The lowest BCUT2D eigenvalue weighted by Crippen LogP contribution is -2.38. The first-order chi connectivity index (χ1) is 8.93. The van der Waals surface area contributed by atoms with Crippen molar-refractivity contribution in [3.8, 4) is 5.75 Å². The monoisotopic (exact) mass is 349 g/mol. The number of aryl methyl sites for hydroxylation is 1. The van der Waals surface area contributed by atoms with Crippen molar-refractivity contribution < 1.29 is 14.3 Å². The van der Waals surface area contributed by atoms with Gasteiger partial charge in [0.1, 0.15) is 5.75 Å². The molecule has 0 aliphatic rings. The average Bonchev–Trinajstić information content (AvgIpc) is 2.27. The number of hydrogen-bond acceptors (Lipinski definition) is 3. The van der Waals surface area contributed by atoms with Gasteiger partial charge in [0.25, 0.3) is 5.91 Å². The summed E-state index contributed by atoms with van der Waals surface area (Å²) in [5.41, 5.74) is 0.872. The second-order valence-corrected chi connectivity index (χ2v) is 5.57. The number of nitrogens with one attached hydrogen (secondary N) is 1. The summed E-state index contributed by atoms with van der Waals surface area (Å²) in [5, 5.41) is 3.24. The van der Waals surface area contributed by atoms with E-state index < -0.39 is 0 Å². The Morgan fingerprint density at radius 3 is 2.79 bits per heavy atom. The number of methoxy groups -OCH3 is 1. The van der Waals surface area contributed by atoms with E-state index in [-0.39, 0.29) is 18.6 Å². The van der Waals surface area contributed by atoms with Gasteiger partial charge in [-0.05, 0) is 31.5 Å². The van der Waals surface area contributed by atoms with Crippen LogP contribution in [0.4, 0.5) is 0 Å². The maximum Gasteiger partial charge on any atom is 0.258 e. The molecule has 1 amide bonds. The normalized spacial score (nSPS) is 12.1. The molecule has 4 nitrogen and oxygen atoms in total. The fourth-order valence-corrected chi connectivity index (χ4v) is 2.64. The SMILES string of the molecule is COC[C@@H](C)NC(=O)COc1c(C)cc(Br)cc1Cl. The molecule has 6 heteroatoms. The summed E-state index contributed by atoms with van der Waals surface area (Å²) in [5.74, 6) is 0.322. The van der Waals surface area contributed by atoms with Crippen LogP contribution in [0.25, 0.3) is 0 Å². The Labute approximate surface area is 126 Å². The lowest BCUT2D eigenvalue weighted by atomic mass is 10.2. The highest BCUT2D eigenvalue weighted by Gasteiger charge is 2.11. The van der Waals surface area contributed by atoms with Gasteiger partial charge in [-0.25, -0.2) is 0 Å². The Morgan fingerprint density at radius 1 is 1.53 bits per heavy atom. The Morgan fingerprint density at radius 2 is 2.21 bits per heavy atom. The molecule has 1 atom stereocenters. The van der Waals surface area contributed by atoms with E-state index in [1.54, 1.807) is 13.2 Å². The van der Waals surface area contributed by atoms with E-state index in [0.29, 0.717) is 17.4 Å². The second-order valence-electron chi connectivity index (χ2n) is 4.25. The molecule has 0 heterocycles. The summed E-state index contributed by atoms with van der Waals surface area (Å²) >= 11 is 9.41. The number of amides is 1. The number of rotatable bonds is 6. The smallest absolute Gasteiger partial charge is 0.258 e. The van der Waals surface area contributed by atoms with E-state index in [4.69, 9.17) is 21.1 Å². The van der Waals surface area contributed by atoms with Crippen LogP contribution in [0.5, 0.6) is 5.75 Å². The van der Waals surface area contributed by atoms with Crippen molar-refractivity contribution in [2.75, 3.05) is 20.3 Å². The summed E-state index contributed by atoms with van der Waals surface area (Å²) in [7, 11) is 1.59. The zero-order chi connectivity index (χ0) is 14.4. The lowest BCUT2D eigenvalue weighted by molar-refractivity contribution is -0.124. The van der Waals surface area contributed by atoms with Crippen molar-refractivity contribution in [1.29, 1.82) is 0 Å². The van der Waals surface area contributed by atoms with Crippen LogP contribution in [0.1, 0.15) is 12.5 Å². The number of carbonyl (C=O) groups is 1. The van der Waals surface area contributed by atoms with Crippen LogP contribution in [-0.2, 0) is 9.53 Å². The third-order valence-electron chi connectivity index (χ3n) is 2.37. The molecule has 0 aliphatic carbocycles. The van der Waals surface area contributed by atoms with Gasteiger partial charge in [0.15, 0.2) is 6.61 Å². The molecule has 1 rings (SSSR count). The van der Waals surface area contributed by atoms with Crippen LogP contribution in [-0.4, -0.2) is 32.3 Å². The van der Waals surface area contributed by atoms with Crippen molar-refractivity contribution in [1.82, 2.24) is 5.32 Å². The zero-order valence-corrected chi connectivity index (χ0v) is 13.5. The number of halogens is 2. The molecule has 0 saturated heterocycles. The van der Waals surface area contributed by atoms with Crippen LogP contribution in [0.15, 0.2) is 16.6 Å². The maximum atomic E-state index is 11.6. The lowest BCUT2D eigenvalue weighted by Gasteiger charge is -2.14. The molecule has 0 fully saturated rings. The van der Waals surface area contributed by atoms with Crippen molar-refractivity contribution >= 4 is 33.4 Å². The zero-order valence-electron chi connectivity index (χ0n) is 11.1. The highest BCUT2D eigenvalue weighted by molar-refractivity contribution is 9.10. The Kier molecular flexibility index (Phi) is 6.62. The molecule has 0 bridgehead atoms. The first-order valence-electron chi connectivity index (χ1n) is 5.80. The minimum Gasteiger partial charge on any atom is -0.482 e. The topological polar surface area (TPSA) is 47.6 Å². The predicted octanol–water partition coefficient (Wildman–Crippen LogP) is 2.94. The largest absolute Gasteiger partial charge is 0.482 e. The van der Waals surface area contributed by atoms with Gasteiger partial charge in [0.2, 0.25) is 0 Å². The van der Waals surface area contributed by atoms with Gasteiger partial charge in [-0.3, -0.25) is 4.79 Å². The highest BCUT2D eigenvalue weighted by atomic mass is 79.9. The number of hydrogen-bond donors (Lipinski definition) is 1. The van der Waals surface area contributed by atoms with Gasteiger partial charge in [0.05, 0.1) is 11.6 Å². The predicted molar refractivity (Wildman–Crippen MR) is 78.9 cm³/mol. The molecule has 1 aromatic rings. The van der Waals surface area contributed by atoms with Crippen molar-refractivity contribution in [3.05, 3.63) is 27.2 Å². The number of carbonyl (C=O) groups excluding carboxylic acids is 1. The van der Waals surface area contributed by atoms with Crippen LogP contribution in [0.2, 0.25) is 5.02 Å². The molecule has 0 aliphatic heterocycles. The molecule has 19 heavy (non-hydrogen) atoms. The number of benzene rings is 1. The summed E-state index contributed by atoms with van der Waals surface area (Å²) in [6.45, 7) is 4.12. The fourth-order valence-electron chi connectivity index (χ4n) is 1.62. The van der Waals surface area contributed by atoms with E-state index in [0.717, 1.165) is 10.0 Å². The maximum absolute atomic E-state index is 11.6. The molecule has 0 radical (unpaired) electrons. The van der Waals surface area contributed by atoms with Crippen molar-refractivity contribution in [2.45, 2.75) is 19.9 Å². The summed E-state index contributed by atoms with van der Waals surface area (Å²) in [6, 6.07) is 3.56. The molecular weight excluding hydrogens is 334 g/mol. The molecular formula is C13H17BrClNO3.